The molecule has 1 unspecified atom stereocenters. The summed E-state index contributed by atoms with van der Waals surface area (Å²) in [4.78, 5) is 0. The number of hydrogen-bond donors (Lipinski definition) is 5. The number of aliphatic hydroxyl groups excluding tert-OH is 3. The summed E-state index contributed by atoms with van der Waals surface area (Å²) < 4.78 is 0. The fourth-order valence-electron chi connectivity index (χ4n) is 2.87. The highest BCUT2D eigenvalue weighted by molar-refractivity contribution is 4.83. The Morgan fingerprint density at radius 2 is 1.63 bits per heavy atom. The smallest absolute Gasteiger partial charge is 0.154 e. The molecule has 0 amide bonds. The van der Waals surface area contributed by atoms with E-state index < -0.39 is 30.5 Å². The van der Waals surface area contributed by atoms with Gasteiger partial charge < -0.3 is 26.2 Å². The van der Waals surface area contributed by atoms with E-state index >= 15 is 0 Å². The van der Waals surface area contributed by atoms with E-state index in [2.05, 4.69) is 0 Å². The average Bonchev–Trinajstić information content (AvgIpc) is 2.38. The molecular weight excluding hydrogens is 246 g/mol. The largest absolute Gasteiger partial charge is 0.390 e. The first-order valence-corrected chi connectivity index (χ1v) is 7.39. The van der Waals surface area contributed by atoms with E-state index in [1.165, 1.54) is 19.3 Å². The zero-order valence-corrected chi connectivity index (χ0v) is 11.8. The third-order valence-corrected chi connectivity index (χ3v) is 4.29. The second kappa shape index (κ2) is 8.17. The topological polar surface area (TPSA) is 107 Å². The second-order valence-corrected chi connectivity index (χ2v) is 6.09. The van der Waals surface area contributed by atoms with Crippen molar-refractivity contribution < 1.29 is 20.4 Å². The van der Waals surface area contributed by atoms with Gasteiger partial charge in [0.1, 0.15) is 0 Å². The van der Waals surface area contributed by atoms with E-state index in [9.17, 15) is 10.2 Å². The fourth-order valence-corrected chi connectivity index (χ4v) is 2.87. The maximum Gasteiger partial charge on any atom is 0.154 e. The Labute approximate surface area is 115 Å². The van der Waals surface area contributed by atoms with Crippen molar-refractivity contribution in [1.82, 2.24) is 0 Å². The molecule has 5 heteroatoms. The molecule has 0 saturated heterocycles. The molecule has 0 aromatic carbocycles. The first-order chi connectivity index (χ1) is 8.91. The van der Waals surface area contributed by atoms with Crippen LogP contribution in [-0.2, 0) is 0 Å². The summed E-state index contributed by atoms with van der Waals surface area (Å²) in [6.07, 6.45) is 3.43. The van der Waals surface area contributed by atoms with Crippen LogP contribution >= 0.6 is 0 Å². The quantitative estimate of drug-likeness (QED) is 0.431. The summed E-state index contributed by atoms with van der Waals surface area (Å²) in [7, 11) is 0. The van der Waals surface area contributed by atoms with E-state index in [-0.39, 0.29) is 6.42 Å². The van der Waals surface area contributed by atoms with Gasteiger partial charge in [0.15, 0.2) is 6.29 Å². The van der Waals surface area contributed by atoms with Crippen LogP contribution in [0.5, 0.6) is 0 Å². The first-order valence-electron chi connectivity index (χ1n) is 7.39. The van der Waals surface area contributed by atoms with Crippen molar-refractivity contribution >= 4 is 0 Å². The lowest BCUT2D eigenvalue weighted by molar-refractivity contribution is -0.0997. The van der Waals surface area contributed by atoms with Crippen molar-refractivity contribution in [3.05, 3.63) is 0 Å². The highest BCUT2D eigenvalue weighted by atomic mass is 16.5. The van der Waals surface area contributed by atoms with Gasteiger partial charge in [-0.05, 0) is 18.8 Å². The molecule has 1 aliphatic carbocycles. The third kappa shape index (κ3) is 5.75. The Morgan fingerprint density at radius 1 is 1.05 bits per heavy atom. The third-order valence-electron chi connectivity index (χ3n) is 4.29. The predicted molar refractivity (Wildman–Crippen MR) is 73.2 cm³/mol. The van der Waals surface area contributed by atoms with Crippen molar-refractivity contribution in [2.45, 2.75) is 76.4 Å². The summed E-state index contributed by atoms with van der Waals surface area (Å²) in [5, 5.41) is 37.9. The van der Waals surface area contributed by atoms with Crippen molar-refractivity contribution in [1.29, 1.82) is 0 Å². The summed E-state index contributed by atoms with van der Waals surface area (Å²) >= 11 is 0. The fraction of sp³-hybridized carbons (Fsp3) is 1.00. The molecule has 19 heavy (non-hydrogen) atoms. The second-order valence-electron chi connectivity index (χ2n) is 6.09. The summed E-state index contributed by atoms with van der Waals surface area (Å²) in [5.74, 6) is 0.0676. The molecule has 0 radical (unpaired) electrons. The van der Waals surface area contributed by atoms with Gasteiger partial charge in [-0.3, -0.25) is 0 Å². The van der Waals surface area contributed by atoms with Gasteiger partial charge in [0.2, 0.25) is 0 Å². The van der Waals surface area contributed by atoms with Gasteiger partial charge in [-0.25, -0.2) is 0 Å². The molecule has 5 nitrogen and oxygen atoms in total. The van der Waals surface area contributed by atoms with Crippen molar-refractivity contribution in [2.24, 2.45) is 17.6 Å². The maximum atomic E-state index is 10.0. The molecule has 6 N–H and O–H groups in total. The standard InChI is InChI=1S/C14H29NO4/c1-9(14(18)19)7-12(16)13(17)11(15)8-10-5-3-2-4-6-10/h9-14,16-19H,2-8,15H2,1H3/t9?,11-,12-,13+/m0/s1. The number of rotatable bonds is 7. The van der Waals surface area contributed by atoms with Gasteiger partial charge in [0.05, 0.1) is 12.2 Å². The van der Waals surface area contributed by atoms with Crippen LogP contribution in [-0.4, -0.2) is 45.0 Å². The Morgan fingerprint density at radius 3 is 2.16 bits per heavy atom. The molecule has 0 spiro atoms. The van der Waals surface area contributed by atoms with E-state index in [4.69, 9.17) is 15.9 Å². The van der Waals surface area contributed by atoms with E-state index in [0.29, 0.717) is 5.92 Å². The van der Waals surface area contributed by atoms with Gasteiger partial charge >= 0.3 is 0 Å². The van der Waals surface area contributed by atoms with Gasteiger partial charge in [-0.2, -0.15) is 0 Å². The number of aliphatic hydroxyl groups is 4. The number of nitrogens with two attached hydrogens (primary N) is 1. The van der Waals surface area contributed by atoms with E-state index in [1.54, 1.807) is 6.92 Å². The minimum Gasteiger partial charge on any atom is -0.390 e. The monoisotopic (exact) mass is 275 g/mol. The van der Waals surface area contributed by atoms with Gasteiger partial charge in [0.25, 0.3) is 0 Å². The lowest BCUT2D eigenvalue weighted by Gasteiger charge is -2.30. The molecule has 0 aliphatic heterocycles. The molecule has 0 aromatic heterocycles. The Balaban J connectivity index is 2.35. The van der Waals surface area contributed by atoms with Crippen LogP contribution < -0.4 is 5.73 Å². The highest BCUT2D eigenvalue weighted by Gasteiger charge is 2.28. The molecule has 114 valence electrons. The van der Waals surface area contributed by atoms with Crippen LogP contribution in [0.2, 0.25) is 0 Å². The zero-order chi connectivity index (χ0) is 14.4. The Bertz CT molecular complexity index is 244. The SMILES string of the molecule is CC(C[C@H](O)[C@H](O)[C@@H](N)CC1CCCCC1)C(O)O. The minimum absolute atomic E-state index is 0.136. The molecular formula is C14H29NO4. The Kier molecular flexibility index (Phi) is 7.25. The highest BCUT2D eigenvalue weighted by Crippen LogP contribution is 2.28. The number of hydrogen-bond acceptors (Lipinski definition) is 5. The molecule has 4 atom stereocenters. The average molecular weight is 275 g/mol. The van der Waals surface area contributed by atoms with E-state index in [0.717, 1.165) is 19.3 Å². The van der Waals surface area contributed by atoms with Crippen LogP contribution in [0.25, 0.3) is 0 Å². The van der Waals surface area contributed by atoms with Gasteiger partial charge in [0, 0.05) is 12.0 Å². The lowest BCUT2D eigenvalue weighted by Crippen LogP contribution is -2.45. The summed E-state index contributed by atoms with van der Waals surface area (Å²) in [6, 6.07) is -0.443. The molecule has 0 aromatic rings. The van der Waals surface area contributed by atoms with Crippen LogP contribution in [0, 0.1) is 11.8 Å². The van der Waals surface area contributed by atoms with Gasteiger partial charge in [-0.15, -0.1) is 0 Å². The molecule has 1 rings (SSSR count). The zero-order valence-electron chi connectivity index (χ0n) is 11.8. The molecule has 1 saturated carbocycles. The maximum absolute atomic E-state index is 10.0. The molecule has 1 fully saturated rings. The van der Waals surface area contributed by atoms with Crippen LogP contribution in [0.15, 0.2) is 0 Å². The molecule has 1 aliphatic rings. The molecule has 0 bridgehead atoms. The minimum atomic E-state index is -1.48. The van der Waals surface area contributed by atoms with Gasteiger partial charge in [-0.1, -0.05) is 39.0 Å². The lowest BCUT2D eigenvalue weighted by atomic mass is 9.82. The summed E-state index contributed by atoms with van der Waals surface area (Å²) in [5.41, 5.74) is 5.97. The first kappa shape index (κ1) is 16.9. The van der Waals surface area contributed by atoms with Crippen molar-refractivity contribution in [3.63, 3.8) is 0 Å². The normalized spacial score (nSPS) is 24.2. The van der Waals surface area contributed by atoms with Crippen LogP contribution in [0.3, 0.4) is 0 Å². The Hall–Kier alpha value is -0.200. The molecule has 0 heterocycles. The van der Waals surface area contributed by atoms with Crippen LogP contribution in [0.1, 0.15) is 51.9 Å². The summed E-state index contributed by atoms with van der Waals surface area (Å²) in [6.45, 7) is 1.62. The van der Waals surface area contributed by atoms with Crippen LogP contribution in [0.4, 0.5) is 0 Å². The van der Waals surface area contributed by atoms with E-state index in [1.807, 2.05) is 0 Å². The van der Waals surface area contributed by atoms with Crippen molar-refractivity contribution in [3.8, 4) is 0 Å². The predicted octanol–water partition coefficient (Wildman–Crippen LogP) is 0.343. The van der Waals surface area contributed by atoms with Crippen molar-refractivity contribution in [2.75, 3.05) is 0 Å².